The van der Waals surface area contributed by atoms with Crippen LogP contribution >= 0.6 is 0 Å². The molecule has 52 heavy (non-hydrogen) atoms. The minimum absolute atomic E-state index is 0.204. The van der Waals surface area contributed by atoms with Gasteiger partial charge >= 0.3 is 18.0 Å². The standard InChI is InChI=1S/C41H63N5O6/c1-39(2,3)50-36(47)32(19-14-22-43-10)25-29-16-12-18-31(24-29)35(45-42)28-44-34-21-13-17-30(27-34)26-33(37(48)51-40(4,5)6)20-15-23-46(11)38(49)52-41(7,8)9/h12-13,16-18,21,24,27-28,32-33,43H,14-15,19-20,22-23,25-26,42H2,1-11H3. The summed E-state index contributed by atoms with van der Waals surface area (Å²) in [6, 6.07) is 15.5. The fourth-order valence-electron chi connectivity index (χ4n) is 5.42. The molecule has 0 saturated heterocycles. The van der Waals surface area contributed by atoms with Gasteiger partial charge in [-0.1, -0.05) is 30.3 Å². The highest BCUT2D eigenvalue weighted by molar-refractivity contribution is 6.38. The van der Waals surface area contributed by atoms with Crippen molar-refractivity contribution < 1.29 is 28.6 Å². The smallest absolute Gasteiger partial charge is 0.410 e. The second-order valence-electron chi connectivity index (χ2n) is 16.3. The summed E-state index contributed by atoms with van der Waals surface area (Å²) in [7, 11) is 3.59. The lowest BCUT2D eigenvalue weighted by atomic mass is 9.93. The SMILES string of the molecule is CNCCCC(Cc1cccc(C(C=Nc2cccc(CC(CCCN(C)C(=O)OC(C)(C)C)C(=O)OC(C)(C)C)c2)=NN)c1)C(=O)OC(C)(C)C. The molecule has 11 nitrogen and oxygen atoms in total. The van der Waals surface area contributed by atoms with E-state index in [0.717, 1.165) is 29.7 Å². The fourth-order valence-corrected chi connectivity index (χ4v) is 5.42. The van der Waals surface area contributed by atoms with Crippen molar-refractivity contribution in [2.45, 2.75) is 118 Å². The van der Waals surface area contributed by atoms with Crippen molar-refractivity contribution in [3.8, 4) is 0 Å². The topological polar surface area (TPSA) is 145 Å². The second-order valence-corrected chi connectivity index (χ2v) is 16.3. The Morgan fingerprint density at radius 1 is 0.788 bits per heavy atom. The molecule has 2 unspecified atom stereocenters. The summed E-state index contributed by atoms with van der Waals surface area (Å²) in [4.78, 5) is 45.0. The molecule has 0 bridgehead atoms. The lowest BCUT2D eigenvalue weighted by Crippen LogP contribution is -2.35. The molecule has 2 aromatic carbocycles. The number of nitrogens with two attached hydrogens (primary N) is 1. The van der Waals surface area contributed by atoms with E-state index in [1.54, 1.807) is 13.3 Å². The van der Waals surface area contributed by atoms with E-state index in [1.165, 1.54) is 4.90 Å². The van der Waals surface area contributed by atoms with Crippen LogP contribution in [0.5, 0.6) is 0 Å². The molecule has 2 atom stereocenters. The van der Waals surface area contributed by atoms with Crippen molar-refractivity contribution in [1.82, 2.24) is 10.2 Å². The van der Waals surface area contributed by atoms with Gasteiger partial charge in [-0.25, -0.2) is 4.79 Å². The van der Waals surface area contributed by atoms with Crippen LogP contribution in [0, 0.1) is 11.8 Å². The Morgan fingerprint density at radius 2 is 1.31 bits per heavy atom. The van der Waals surface area contributed by atoms with Crippen LogP contribution in [0.1, 0.15) is 105 Å². The largest absolute Gasteiger partial charge is 0.460 e. The molecule has 0 aromatic heterocycles. The van der Waals surface area contributed by atoms with Crippen molar-refractivity contribution in [3.63, 3.8) is 0 Å². The Morgan fingerprint density at radius 3 is 1.83 bits per heavy atom. The van der Waals surface area contributed by atoms with Gasteiger partial charge < -0.3 is 30.3 Å². The number of benzene rings is 2. The predicted molar refractivity (Wildman–Crippen MR) is 209 cm³/mol. The highest BCUT2D eigenvalue weighted by Crippen LogP contribution is 2.24. The minimum atomic E-state index is -0.632. The van der Waals surface area contributed by atoms with Gasteiger partial charge in [0.25, 0.3) is 0 Å². The zero-order valence-corrected chi connectivity index (χ0v) is 33.4. The minimum Gasteiger partial charge on any atom is -0.460 e. The number of nitrogens with zero attached hydrogens (tertiary/aromatic N) is 3. The van der Waals surface area contributed by atoms with Crippen molar-refractivity contribution in [2.24, 2.45) is 27.8 Å². The Kier molecular flexibility index (Phi) is 17.0. The molecule has 0 fully saturated rings. The van der Waals surface area contributed by atoms with Gasteiger partial charge in [0.2, 0.25) is 0 Å². The van der Waals surface area contributed by atoms with Gasteiger partial charge in [-0.3, -0.25) is 14.6 Å². The maximum atomic E-state index is 13.3. The predicted octanol–water partition coefficient (Wildman–Crippen LogP) is 7.40. The van der Waals surface area contributed by atoms with E-state index in [4.69, 9.17) is 20.1 Å². The van der Waals surface area contributed by atoms with Crippen LogP contribution in [-0.2, 0) is 36.6 Å². The molecule has 0 radical (unpaired) electrons. The molecule has 0 heterocycles. The summed E-state index contributed by atoms with van der Waals surface area (Å²) in [5.74, 6) is 4.66. The lowest BCUT2D eigenvalue weighted by Gasteiger charge is -2.26. The van der Waals surface area contributed by atoms with Gasteiger partial charge in [-0.05, 0) is 144 Å². The van der Waals surface area contributed by atoms with Crippen molar-refractivity contribution in [2.75, 3.05) is 27.2 Å². The van der Waals surface area contributed by atoms with E-state index in [0.29, 0.717) is 50.0 Å². The molecule has 0 aliphatic carbocycles. The highest BCUT2D eigenvalue weighted by Gasteiger charge is 2.27. The van der Waals surface area contributed by atoms with E-state index in [-0.39, 0.29) is 17.9 Å². The molecular weight excluding hydrogens is 658 g/mol. The first-order chi connectivity index (χ1) is 24.2. The summed E-state index contributed by atoms with van der Waals surface area (Å²) in [5.41, 5.74) is 2.05. The van der Waals surface area contributed by atoms with Crippen molar-refractivity contribution >= 4 is 35.6 Å². The van der Waals surface area contributed by atoms with Gasteiger partial charge in [-0.2, -0.15) is 5.10 Å². The third-order valence-electron chi connectivity index (χ3n) is 7.78. The third-order valence-corrected chi connectivity index (χ3v) is 7.78. The lowest BCUT2D eigenvalue weighted by molar-refractivity contribution is -0.161. The zero-order valence-electron chi connectivity index (χ0n) is 33.4. The number of rotatable bonds is 17. The average molecular weight is 722 g/mol. The molecule has 2 aromatic rings. The number of ether oxygens (including phenoxy) is 3. The summed E-state index contributed by atoms with van der Waals surface area (Å²) >= 11 is 0. The summed E-state index contributed by atoms with van der Waals surface area (Å²) < 4.78 is 17.0. The van der Waals surface area contributed by atoms with E-state index in [2.05, 4.69) is 15.4 Å². The summed E-state index contributed by atoms with van der Waals surface area (Å²) in [6.45, 7) is 17.9. The first kappa shape index (κ1) is 43.9. The zero-order chi connectivity index (χ0) is 39.1. The Labute approximate surface area is 311 Å². The van der Waals surface area contributed by atoms with Gasteiger partial charge in [0.1, 0.15) is 22.5 Å². The molecule has 3 N–H and O–H groups in total. The number of carbonyl (C=O) groups excluding carboxylic acids is 3. The van der Waals surface area contributed by atoms with Crippen molar-refractivity contribution in [1.29, 1.82) is 0 Å². The number of esters is 2. The number of carbonyl (C=O) groups is 3. The van der Waals surface area contributed by atoms with Gasteiger partial charge in [-0.15, -0.1) is 0 Å². The molecule has 0 aliphatic rings. The number of hydrazone groups is 1. The fraction of sp³-hybridized carbons (Fsp3) is 0.585. The van der Waals surface area contributed by atoms with E-state index >= 15 is 0 Å². The second kappa shape index (κ2) is 20.1. The van der Waals surface area contributed by atoms with Crippen molar-refractivity contribution in [3.05, 3.63) is 65.2 Å². The maximum Gasteiger partial charge on any atom is 0.410 e. The number of aliphatic imine (C=N–C) groups is 1. The van der Waals surface area contributed by atoms with E-state index in [9.17, 15) is 14.4 Å². The van der Waals surface area contributed by atoms with E-state index in [1.807, 2.05) is 118 Å². The number of amides is 1. The average Bonchev–Trinajstić information content (AvgIpc) is 3.02. The van der Waals surface area contributed by atoms with Crippen LogP contribution in [0.15, 0.2) is 58.6 Å². The Hall–Kier alpha value is -4.25. The molecular formula is C41H63N5O6. The van der Waals surface area contributed by atoms with Crippen LogP contribution in [0.4, 0.5) is 10.5 Å². The summed E-state index contributed by atoms with van der Waals surface area (Å²) in [6.07, 6.45) is 4.87. The first-order valence-corrected chi connectivity index (χ1v) is 18.2. The Balaban J connectivity index is 2.21. The monoisotopic (exact) mass is 721 g/mol. The van der Waals surface area contributed by atoms with Gasteiger partial charge in [0.05, 0.1) is 23.7 Å². The molecule has 1 amide bonds. The summed E-state index contributed by atoms with van der Waals surface area (Å²) in [5, 5.41) is 7.16. The van der Waals surface area contributed by atoms with Crippen LogP contribution in [0.25, 0.3) is 0 Å². The van der Waals surface area contributed by atoms with Crippen LogP contribution in [-0.4, -0.2) is 78.8 Å². The van der Waals surface area contributed by atoms with E-state index < -0.39 is 28.8 Å². The first-order valence-electron chi connectivity index (χ1n) is 18.2. The molecule has 288 valence electrons. The molecule has 0 aliphatic heterocycles. The number of hydrogen-bond acceptors (Lipinski definition) is 10. The van der Waals surface area contributed by atoms with Crippen LogP contribution < -0.4 is 11.2 Å². The number of hydrogen-bond donors (Lipinski definition) is 2. The Bertz CT molecular complexity index is 1520. The van der Waals surface area contributed by atoms with Gasteiger partial charge in [0, 0.05) is 19.2 Å². The molecule has 0 spiro atoms. The van der Waals surface area contributed by atoms with Gasteiger partial charge in [0.15, 0.2) is 0 Å². The molecule has 11 heteroatoms. The molecule has 0 saturated carbocycles. The third kappa shape index (κ3) is 17.3. The highest BCUT2D eigenvalue weighted by atomic mass is 16.6. The van der Waals surface area contributed by atoms with Crippen LogP contribution in [0.2, 0.25) is 0 Å². The van der Waals surface area contributed by atoms with Crippen LogP contribution in [0.3, 0.4) is 0 Å². The quantitative estimate of drug-likeness (QED) is 0.0430. The maximum absolute atomic E-state index is 13.3. The number of nitrogens with one attached hydrogen (secondary N) is 1. The normalized spacial score (nSPS) is 13.8. The molecule has 2 rings (SSSR count).